The number of amides is 2. The maximum absolute atomic E-state index is 12.8. The van der Waals surface area contributed by atoms with Crippen LogP contribution in [0.15, 0.2) is 84.9 Å². The number of hydrogen-bond acceptors (Lipinski definition) is 3. The first-order valence-corrected chi connectivity index (χ1v) is 9.83. The van der Waals surface area contributed by atoms with Gasteiger partial charge in [-0.2, -0.15) is 0 Å². The van der Waals surface area contributed by atoms with Gasteiger partial charge in [0, 0.05) is 17.5 Å². The Morgan fingerprint density at radius 1 is 0.900 bits per heavy atom. The van der Waals surface area contributed by atoms with Gasteiger partial charge in [0.15, 0.2) is 0 Å². The van der Waals surface area contributed by atoms with Gasteiger partial charge in [0.05, 0.1) is 17.6 Å². The van der Waals surface area contributed by atoms with E-state index in [1.165, 1.54) is 0 Å². The van der Waals surface area contributed by atoms with Gasteiger partial charge in [0.25, 0.3) is 5.91 Å². The second-order valence-corrected chi connectivity index (χ2v) is 7.24. The van der Waals surface area contributed by atoms with Crippen LogP contribution in [0.2, 0.25) is 0 Å². The molecule has 146 valence electrons. The molecule has 0 saturated carbocycles. The average Bonchev–Trinajstić information content (AvgIpc) is 3.13. The summed E-state index contributed by atoms with van der Waals surface area (Å²) in [5.74, 6) is 0.417. The van der Waals surface area contributed by atoms with Crippen LogP contribution in [-0.2, 0) is 17.8 Å². The van der Waals surface area contributed by atoms with Crippen molar-refractivity contribution in [2.24, 2.45) is 0 Å². The monoisotopic (exact) mass is 393 g/mol. The highest BCUT2D eigenvalue weighted by Gasteiger charge is 2.29. The highest BCUT2D eigenvalue weighted by molar-refractivity contribution is 6.09. The molecule has 0 aliphatic carbocycles. The van der Waals surface area contributed by atoms with Crippen LogP contribution in [-0.4, -0.2) is 16.8 Å². The number of anilines is 2. The molecule has 0 bridgehead atoms. The van der Waals surface area contributed by atoms with E-state index in [4.69, 9.17) is 4.98 Å². The fourth-order valence-corrected chi connectivity index (χ4v) is 3.85. The fraction of sp³-hybridized carbons (Fsp3) is 0.0800. The molecule has 0 radical (unpaired) electrons. The van der Waals surface area contributed by atoms with Crippen molar-refractivity contribution in [3.8, 4) is 0 Å². The number of rotatable bonds is 4. The van der Waals surface area contributed by atoms with Crippen LogP contribution in [0.25, 0.3) is 10.9 Å². The number of benzene rings is 3. The molecule has 1 aliphatic rings. The van der Waals surface area contributed by atoms with E-state index >= 15 is 0 Å². The summed E-state index contributed by atoms with van der Waals surface area (Å²) in [5.41, 5.74) is 4.15. The molecule has 0 fully saturated rings. The molecule has 5 heteroatoms. The molecule has 2 amide bonds. The molecule has 30 heavy (non-hydrogen) atoms. The molecule has 1 N–H and O–H groups in total. The number of carbonyl (C=O) groups excluding carboxylic acids is 2. The number of hydrogen-bond donors (Lipinski definition) is 1. The third-order valence-electron chi connectivity index (χ3n) is 5.31. The zero-order valence-electron chi connectivity index (χ0n) is 16.2. The van der Waals surface area contributed by atoms with Crippen molar-refractivity contribution in [2.45, 2.75) is 13.0 Å². The van der Waals surface area contributed by atoms with Gasteiger partial charge in [-0.15, -0.1) is 0 Å². The van der Waals surface area contributed by atoms with E-state index in [-0.39, 0.29) is 11.8 Å². The smallest absolute Gasteiger partial charge is 0.252 e. The van der Waals surface area contributed by atoms with Gasteiger partial charge >= 0.3 is 0 Å². The van der Waals surface area contributed by atoms with Gasteiger partial charge < -0.3 is 5.32 Å². The Balaban J connectivity index is 1.46. The molecule has 0 saturated heterocycles. The lowest BCUT2D eigenvalue weighted by Crippen LogP contribution is -2.23. The summed E-state index contributed by atoms with van der Waals surface area (Å²) in [5, 5.41) is 3.72. The summed E-state index contributed by atoms with van der Waals surface area (Å²) in [6.45, 7) is 0.459. The van der Waals surface area contributed by atoms with E-state index in [0.29, 0.717) is 29.9 Å². The molecule has 0 unspecified atom stereocenters. The number of carbonyl (C=O) groups is 2. The highest BCUT2D eigenvalue weighted by Crippen LogP contribution is 2.35. The second kappa shape index (κ2) is 7.44. The van der Waals surface area contributed by atoms with Crippen LogP contribution < -0.4 is 10.2 Å². The quantitative estimate of drug-likeness (QED) is 0.559. The molecule has 2 heterocycles. The Morgan fingerprint density at radius 2 is 1.70 bits per heavy atom. The highest BCUT2D eigenvalue weighted by atomic mass is 16.2. The molecule has 0 atom stereocenters. The van der Waals surface area contributed by atoms with E-state index < -0.39 is 0 Å². The molecule has 4 aromatic rings. The fourth-order valence-electron chi connectivity index (χ4n) is 3.85. The minimum atomic E-state index is -0.151. The van der Waals surface area contributed by atoms with E-state index in [1.807, 2.05) is 72.8 Å². The van der Waals surface area contributed by atoms with Gasteiger partial charge in [0.2, 0.25) is 5.91 Å². The second-order valence-electron chi connectivity index (χ2n) is 7.24. The first-order valence-electron chi connectivity index (χ1n) is 9.83. The molecular weight excluding hydrogens is 374 g/mol. The van der Waals surface area contributed by atoms with Crippen molar-refractivity contribution in [1.82, 2.24) is 10.3 Å². The summed E-state index contributed by atoms with van der Waals surface area (Å²) < 4.78 is 0. The normalized spacial score (nSPS) is 12.8. The third-order valence-corrected chi connectivity index (χ3v) is 5.31. The molecule has 5 rings (SSSR count). The van der Waals surface area contributed by atoms with Crippen LogP contribution in [0, 0.1) is 0 Å². The van der Waals surface area contributed by atoms with Crippen LogP contribution >= 0.6 is 0 Å². The lowest BCUT2D eigenvalue weighted by Gasteiger charge is -2.17. The summed E-state index contributed by atoms with van der Waals surface area (Å²) in [6.07, 6.45) is 0.373. The largest absolute Gasteiger partial charge is 0.348 e. The number of pyridine rings is 1. The van der Waals surface area contributed by atoms with Gasteiger partial charge in [-0.1, -0.05) is 54.6 Å². The maximum Gasteiger partial charge on any atom is 0.252 e. The number of para-hydroxylation sites is 1. The zero-order valence-corrected chi connectivity index (χ0v) is 16.2. The van der Waals surface area contributed by atoms with Crippen LogP contribution in [0.4, 0.5) is 11.5 Å². The molecule has 1 aliphatic heterocycles. The Labute approximate surface area is 174 Å². The average molecular weight is 393 g/mol. The zero-order chi connectivity index (χ0) is 20.5. The van der Waals surface area contributed by atoms with Crippen molar-refractivity contribution in [3.63, 3.8) is 0 Å². The van der Waals surface area contributed by atoms with Gasteiger partial charge in [0.1, 0.15) is 5.82 Å². The lowest BCUT2D eigenvalue weighted by molar-refractivity contribution is -0.116. The summed E-state index contributed by atoms with van der Waals surface area (Å²) in [7, 11) is 0. The minimum Gasteiger partial charge on any atom is -0.348 e. The van der Waals surface area contributed by atoms with Gasteiger partial charge in [-0.3, -0.25) is 14.5 Å². The SMILES string of the molecule is O=C(NCc1ccccc1)c1cccc2nc(N3C(=O)Cc4ccccc43)ccc12. The van der Waals surface area contributed by atoms with Gasteiger partial charge in [-0.25, -0.2) is 4.98 Å². The maximum atomic E-state index is 12.8. The Bertz CT molecular complexity index is 1270. The topological polar surface area (TPSA) is 62.3 Å². The number of aromatic nitrogens is 1. The number of nitrogens with zero attached hydrogens (tertiary/aromatic N) is 2. The molecule has 5 nitrogen and oxygen atoms in total. The van der Waals surface area contributed by atoms with E-state index in [2.05, 4.69) is 5.32 Å². The third kappa shape index (κ3) is 3.20. The van der Waals surface area contributed by atoms with E-state index in [1.54, 1.807) is 17.0 Å². The van der Waals surface area contributed by atoms with Crippen LogP contribution in [0.3, 0.4) is 0 Å². The van der Waals surface area contributed by atoms with Crippen LogP contribution in [0.5, 0.6) is 0 Å². The van der Waals surface area contributed by atoms with E-state index in [0.717, 1.165) is 22.2 Å². The first-order chi connectivity index (χ1) is 14.7. The Kier molecular flexibility index (Phi) is 4.48. The number of fused-ring (bicyclic) bond motifs is 2. The standard InChI is InChI=1S/C25H19N3O2/c29-24-15-18-9-4-5-12-22(18)28(24)23-14-13-19-20(10-6-11-21(19)27-23)25(30)26-16-17-7-2-1-3-8-17/h1-14H,15-16H2,(H,26,30). The summed E-state index contributed by atoms with van der Waals surface area (Å²) in [4.78, 5) is 31.7. The van der Waals surface area contributed by atoms with Gasteiger partial charge in [-0.05, 0) is 41.5 Å². The van der Waals surface area contributed by atoms with Crippen molar-refractivity contribution >= 4 is 34.2 Å². The van der Waals surface area contributed by atoms with E-state index in [9.17, 15) is 9.59 Å². The van der Waals surface area contributed by atoms with Crippen molar-refractivity contribution in [3.05, 3.63) is 102 Å². The predicted molar refractivity (Wildman–Crippen MR) is 117 cm³/mol. The van der Waals surface area contributed by atoms with Crippen LogP contribution in [0.1, 0.15) is 21.5 Å². The summed E-state index contributed by atoms with van der Waals surface area (Å²) in [6, 6.07) is 26.7. The molecule has 3 aromatic carbocycles. The summed E-state index contributed by atoms with van der Waals surface area (Å²) >= 11 is 0. The predicted octanol–water partition coefficient (Wildman–Crippen LogP) is 4.39. The Hall–Kier alpha value is -3.99. The number of nitrogens with one attached hydrogen (secondary N) is 1. The lowest BCUT2D eigenvalue weighted by atomic mass is 10.1. The van der Waals surface area contributed by atoms with Crippen molar-refractivity contribution in [1.29, 1.82) is 0 Å². The minimum absolute atomic E-state index is 0.000177. The molecule has 0 spiro atoms. The first kappa shape index (κ1) is 18.1. The van der Waals surface area contributed by atoms with Crippen molar-refractivity contribution in [2.75, 3.05) is 4.90 Å². The Morgan fingerprint density at radius 3 is 2.57 bits per heavy atom. The molecule has 1 aromatic heterocycles. The molecular formula is C25H19N3O2. The van der Waals surface area contributed by atoms with Crippen molar-refractivity contribution < 1.29 is 9.59 Å².